The molecule has 2 aromatic carbocycles. The average Bonchev–Trinajstić information content (AvgIpc) is 2.82. The van der Waals surface area contributed by atoms with Crippen molar-refractivity contribution < 1.29 is 27.5 Å². The van der Waals surface area contributed by atoms with Crippen molar-refractivity contribution >= 4 is 27.5 Å². The van der Waals surface area contributed by atoms with Gasteiger partial charge in [-0.15, -0.1) is 0 Å². The van der Waals surface area contributed by atoms with Gasteiger partial charge >= 0.3 is 0 Å². The van der Waals surface area contributed by atoms with Gasteiger partial charge in [0.1, 0.15) is 17.0 Å². The lowest BCUT2D eigenvalue weighted by molar-refractivity contribution is -0.133. The van der Waals surface area contributed by atoms with E-state index in [1.54, 1.807) is 25.1 Å². The third-order valence-electron chi connectivity index (χ3n) is 5.68. The number of ether oxygens (including phenoxy) is 2. The minimum Gasteiger partial charge on any atom is -0.497 e. The van der Waals surface area contributed by atoms with Crippen molar-refractivity contribution in [1.82, 2.24) is 9.62 Å². The van der Waals surface area contributed by atoms with Crippen LogP contribution in [0.3, 0.4) is 0 Å². The maximum absolute atomic E-state index is 13.5. The molecule has 0 aliphatic carbocycles. The SMILES string of the molecule is CCS(=O)(=O)N1CC(=O)N(c2cc(OC)cc(OC)c2)[C@@](C)(C(=O)NCc2ccccc2)C1. The van der Waals surface area contributed by atoms with E-state index in [1.165, 1.54) is 26.0 Å². The third kappa shape index (κ3) is 5.12. The molecule has 2 aromatic rings. The van der Waals surface area contributed by atoms with Gasteiger partial charge in [0.15, 0.2) is 0 Å². The minimum absolute atomic E-state index is 0.172. The number of rotatable bonds is 8. The summed E-state index contributed by atoms with van der Waals surface area (Å²) in [5.41, 5.74) is -0.254. The summed E-state index contributed by atoms with van der Waals surface area (Å²) in [6, 6.07) is 14.2. The molecular formula is C23H29N3O6S. The fourth-order valence-electron chi connectivity index (χ4n) is 3.84. The molecule has 1 atom stereocenters. The second kappa shape index (κ2) is 9.80. The van der Waals surface area contributed by atoms with Crippen molar-refractivity contribution in [3.8, 4) is 11.5 Å². The summed E-state index contributed by atoms with van der Waals surface area (Å²) in [4.78, 5) is 28.2. The molecule has 0 unspecified atom stereocenters. The van der Waals surface area contributed by atoms with Crippen molar-refractivity contribution in [3.63, 3.8) is 0 Å². The topological polar surface area (TPSA) is 105 Å². The van der Waals surface area contributed by atoms with E-state index in [-0.39, 0.29) is 25.4 Å². The summed E-state index contributed by atoms with van der Waals surface area (Å²) in [6.07, 6.45) is 0. The van der Waals surface area contributed by atoms with Gasteiger partial charge in [-0.05, 0) is 19.4 Å². The van der Waals surface area contributed by atoms with E-state index in [0.29, 0.717) is 17.2 Å². The Balaban J connectivity index is 2.04. The van der Waals surface area contributed by atoms with Gasteiger partial charge in [0.2, 0.25) is 21.8 Å². The third-order valence-corrected chi connectivity index (χ3v) is 7.45. The number of anilines is 1. The molecule has 10 heteroatoms. The maximum Gasteiger partial charge on any atom is 0.247 e. The fourth-order valence-corrected chi connectivity index (χ4v) is 4.96. The zero-order valence-corrected chi connectivity index (χ0v) is 20.0. The summed E-state index contributed by atoms with van der Waals surface area (Å²) >= 11 is 0. The van der Waals surface area contributed by atoms with Crippen LogP contribution in [0.4, 0.5) is 5.69 Å². The standard InChI is InChI=1S/C23H29N3O6S/c1-5-33(29,30)25-15-21(27)26(18-11-19(31-3)13-20(12-18)32-4)23(2,16-25)22(28)24-14-17-9-7-6-8-10-17/h6-13H,5,14-16H2,1-4H3,(H,24,28)/t23-/m1/s1. The number of hydrogen-bond donors (Lipinski definition) is 1. The Morgan fingerprint density at radius 1 is 1.09 bits per heavy atom. The van der Waals surface area contributed by atoms with Gasteiger partial charge in [0.05, 0.1) is 32.2 Å². The van der Waals surface area contributed by atoms with Crippen LogP contribution in [0.5, 0.6) is 11.5 Å². The highest BCUT2D eigenvalue weighted by atomic mass is 32.2. The number of benzene rings is 2. The number of nitrogens with one attached hydrogen (secondary N) is 1. The normalized spacial score (nSPS) is 19.3. The van der Waals surface area contributed by atoms with Crippen molar-refractivity contribution in [2.45, 2.75) is 25.9 Å². The second-order valence-corrected chi connectivity index (χ2v) is 10.2. The maximum atomic E-state index is 13.5. The van der Waals surface area contributed by atoms with E-state index in [2.05, 4.69) is 5.32 Å². The lowest BCUT2D eigenvalue weighted by Crippen LogP contribution is -2.70. The van der Waals surface area contributed by atoms with Crippen LogP contribution < -0.4 is 19.7 Å². The Hall–Kier alpha value is -3.11. The monoisotopic (exact) mass is 475 g/mol. The molecule has 0 aromatic heterocycles. The smallest absolute Gasteiger partial charge is 0.247 e. The highest BCUT2D eigenvalue weighted by molar-refractivity contribution is 7.89. The highest BCUT2D eigenvalue weighted by Crippen LogP contribution is 2.35. The number of amides is 2. The first-order valence-corrected chi connectivity index (χ1v) is 12.1. The molecule has 2 amide bonds. The lowest BCUT2D eigenvalue weighted by atomic mass is 9.94. The molecule has 0 saturated carbocycles. The Morgan fingerprint density at radius 2 is 1.70 bits per heavy atom. The zero-order valence-electron chi connectivity index (χ0n) is 19.2. The van der Waals surface area contributed by atoms with Crippen LogP contribution in [0.1, 0.15) is 19.4 Å². The Kier molecular flexibility index (Phi) is 7.28. The Morgan fingerprint density at radius 3 is 2.24 bits per heavy atom. The molecule has 1 fully saturated rings. The van der Waals surface area contributed by atoms with Gasteiger partial charge in [-0.2, -0.15) is 4.31 Å². The van der Waals surface area contributed by atoms with E-state index in [9.17, 15) is 18.0 Å². The van der Waals surface area contributed by atoms with Crippen LogP contribution >= 0.6 is 0 Å². The van der Waals surface area contributed by atoms with Gasteiger partial charge in [0.25, 0.3) is 0 Å². The number of carbonyl (C=O) groups is 2. The van der Waals surface area contributed by atoms with Crippen molar-refractivity contribution in [1.29, 1.82) is 0 Å². The molecule has 0 bridgehead atoms. The summed E-state index contributed by atoms with van der Waals surface area (Å²) in [5.74, 6) is -0.293. The van der Waals surface area contributed by atoms with Crippen LogP contribution in [0, 0.1) is 0 Å². The molecule has 178 valence electrons. The number of piperazine rings is 1. The van der Waals surface area contributed by atoms with Gasteiger partial charge in [-0.1, -0.05) is 30.3 Å². The Bertz CT molecular complexity index is 1100. The zero-order chi connectivity index (χ0) is 24.2. The summed E-state index contributed by atoms with van der Waals surface area (Å²) in [6.45, 7) is 2.76. The number of sulfonamides is 1. The Labute approximate surface area is 194 Å². The molecule has 0 radical (unpaired) electrons. The largest absolute Gasteiger partial charge is 0.497 e. The van der Waals surface area contributed by atoms with Gasteiger partial charge in [0, 0.05) is 31.3 Å². The number of methoxy groups -OCH3 is 2. The summed E-state index contributed by atoms with van der Waals surface area (Å²) < 4.78 is 37.0. The predicted octanol–water partition coefficient (Wildman–Crippen LogP) is 1.78. The van der Waals surface area contributed by atoms with Crippen molar-refractivity contribution in [3.05, 3.63) is 54.1 Å². The minimum atomic E-state index is -3.70. The molecule has 1 N–H and O–H groups in total. The fraction of sp³-hybridized carbons (Fsp3) is 0.391. The van der Waals surface area contributed by atoms with Crippen molar-refractivity contribution in [2.24, 2.45) is 0 Å². The van der Waals surface area contributed by atoms with Gasteiger partial charge in [-0.3, -0.25) is 14.5 Å². The van der Waals surface area contributed by atoms with Crippen LogP contribution in [0.2, 0.25) is 0 Å². The first kappa shape index (κ1) is 24.5. The molecule has 1 aliphatic rings. The van der Waals surface area contributed by atoms with E-state index >= 15 is 0 Å². The summed E-state index contributed by atoms with van der Waals surface area (Å²) in [7, 11) is -0.733. The van der Waals surface area contributed by atoms with Gasteiger partial charge in [-0.25, -0.2) is 8.42 Å². The summed E-state index contributed by atoms with van der Waals surface area (Å²) in [5, 5.41) is 2.86. The molecular weight excluding hydrogens is 446 g/mol. The molecule has 1 saturated heterocycles. The van der Waals surface area contributed by atoms with Crippen LogP contribution in [0.25, 0.3) is 0 Å². The molecule has 33 heavy (non-hydrogen) atoms. The first-order chi connectivity index (χ1) is 15.6. The predicted molar refractivity (Wildman–Crippen MR) is 125 cm³/mol. The number of carbonyl (C=O) groups excluding carboxylic acids is 2. The van der Waals surface area contributed by atoms with E-state index in [1.807, 2.05) is 30.3 Å². The lowest BCUT2D eigenvalue weighted by Gasteiger charge is -2.46. The van der Waals surface area contributed by atoms with Crippen molar-refractivity contribution in [2.75, 3.05) is 38.0 Å². The average molecular weight is 476 g/mol. The quantitative estimate of drug-likeness (QED) is 0.624. The van der Waals surface area contributed by atoms with E-state index in [0.717, 1.165) is 9.87 Å². The molecule has 0 spiro atoms. The van der Waals surface area contributed by atoms with Crippen LogP contribution in [-0.4, -0.2) is 63.1 Å². The van der Waals surface area contributed by atoms with Crippen LogP contribution in [0.15, 0.2) is 48.5 Å². The van der Waals surface area contributed by atoms with Crippen LogP contribution in [-0.2, 0) is 26.2 Å². The molecule has 1 heterocycles. The van der Waals surface area contributed by atoms with E-state index < -0.39 is 27.4 Å². The first-order valence-electron chi connectivity index (χ1n) is 10.5. The van der Waals surface area contributed by atoms with E-state index in [4.69, 9.17) is 9.47 Å². The highest BCUT2D eigenvalue weighted by Gasteiger charge is 2.50. The second-order valence-electron chi connectivity index (χ2n) is 7.91. The number of hydrogen-bond acceptors (Lipinski definition) is 6. The molecule has 1 aliphatic heterocycles. The van der Waals surface area contributed by atoms with Gasteiger partial charge < -0.3 is 14.8 Å². The number of nitrogens with zero attached hydrogens (tertiary/aromatic N) is 2. The molecule has 3 rings (SSSR count). The molecule has 9 nitrogen and oxygen atoms in total.